The van der Waals surface area contributed by atoms with E-state index in [-0.39, 0.29) is 41.7 Å². The summed E-state index contributed by atoms with van der Waals surface area (Å²) in [6, 6.07) is 3.20. The molecule has 0 spiro atoms. The summed E-state index contributed by atoms with van der Waals surface area (Å²) < 4.78 is 15.1. The van der Waals surface area contributed by atoms with Crippen LogP contribution in [0, 0.1) is 23.7 Å². The Bertz CT molecular complexity index is 1440. The maximum atomic E-state index is 13.4. The smallest absolute Gasteiger partial charge is 0.423 e. The van der Waals surface area contributed by atoms with Gasteiger partial charge < -0.3 is 19.3 Å². The molecule has 0 radical (unpaired) electrons. The molecule has 5 rings (SSSR count). The van der Waals surface area contributed by atoms with Crippen LogP contribution in [0.2, 0.25) is 0 Å². The fourth-order valence-electron chi connectivity index (χ4n) is 6.15. The van der Waals surface area contributed by atoms with Crippen LogP contribution in [0.25, 0.3) is 6.08 Å². The van der Waals surface area contributed by atoms with Gasteiger partial charge in [0.15, 0.2) is 23.1 Å². The van der Waals surface area contributed by atoms with Gasteiger partial charge in [-0.3, -0.25) is 19.2 Å². The van der Waals surface area contributed by atoms with Crippen LogP contribution < -0.4 is 9.47 Å². The maximum Gasteiger partial charge on any atom is 0.423 e. The molecule has 1 fully saturated rings. The van der Waals surface area contributed by atoms with E-state index in [9.17, 15) is 29.1 Å². The zero-order valence-corrected chi connectivity index (χ0v) is 21.8. The van der Waals surface area contributed by atoms with Crippen LogP contribution in [0.15, 0.2) is 52.7 Å². The van der Waals surface area contributed by atoms with Crippen molar-refractivity contribution in [2.75, 3.05) is 21.3 Å². The number of carbonyl (C=O) groups excluding carboxylic acids is 5. The van der Waals surface area contributed by atoms with Crippen LogP contribution >= 0.6 is 0 Å². The fraction of sp³-hybridized carbons (Fsp3) is 0.345. The van der Waals surface area contributed by atoms with Crippen molar-refractivity contribution in [1.29, 1.82) is 0 Å². The van der Waals surface area contributed by atoms with E-state index < -0.39 is 41.6 Å². The van der Waals surface area contributed by atoms with Crippen LogP contribution in [-0.4, -0.2) is 60.8 Å². The number of hydrogen-bond donors (Lipinski definition) is 1. The number of methoxy groups -OCH3 is 3. The summed E-state index contributed by atoms with van der Waals surface area (Å²) >= 11 is 0. The lowest BCUT2D eigenvalue weighted by Gasteiger charge is -2.41. The Balaban J connectivity index is 1.61. The van der Waals surface area contributed by atoms with Gasteiger partial charge in [-0.05, 0) is 49.5 Å². The molecule has 10 heteroatoms. The number of imide groups is 3. The van der Waals surface area contributed by atoms with E-state index >= 15 is 0 Å². The highest BCUT2D eigenvalue weighted by molar-refractivity contribution is 6.23. The number of amides is 3. The average Bonchev–Trinajstić information content (AvgIpc) is 3.19. The van der Waals surface area contributed by atoms with E-state index in [1.165, 1.54) is 20.3 Å². The first-order chi connectivity index (χ1) is 18.6. The molecule has 10 nitrogen and oxygen atoms in total. The molecule has 4 atom stereocenters. The monoisotopic (exact) mass is 533 g/mol. The third kappa shape index (κ3) is 3.98. The van der Waals surface area contributed by atoms with E-state index in [4.69, 9.17) is 9.47 Å². The molecule has 0 unspecified atom stereocenters. The van der Waals surface area contributed by atoms with E-state index in [2.05, 4.69) is 4.74 Å². The second kappa shape index (κ2) is 9.68. The lowest BCUT2D eigenvalue weighted by atomic mass is 9.60. The second-order valence-corrected chi connectivity index (χ2v) is 9.89. The summed E-state index contributed by atoms with van der Waals surface area (Å²) in [4.78, 5) is 65.6. The number of phenolic OH excluding ortho intramolecular Hbond substituents is 1. The molecule has 3 aliphatic carbocycles. The Hall–Kier alpha value is -4.47. The molecule has 1 aliphatic heterocycles. The van der Waals surface area contributed by atoms with Crippen molar-refractivity contribution in [3.05, 3.63) is 58.2 Å². The summed E-state index contributed by atoms with van der Waals surface area (Å²) in [5, 5.41) is 10.3. The van der Waals surface area contributed by atoms with E-state index in [1.54, 1.807) is 31.2 Å². The number of allylic oxidation sites excluding steroid dienone is 7. The number of Topliss-reactive ketones (excluding diaryl/α,β-unsaturated/α-hetero) is 1. The number of ketones is 2. The summed E-state index contributed by atoms with van der Waals surface area (Å²) in [5.74, 6) is -4.45. The zero-order chi connectivity index (χ0) is 28.2. The Morgan fingerprint density at radius 3 is 2.31 bits per heavy atom. The third-order valence-electron chi connectivity index (χ3n) is 7.95. The SMILES string of the molecule is COC(=O)N1C(=O)[C@H]2[C@H](CC=C3[C@H](C=Cc4cc(OC)c(O)c(OC)c4)C4=C(C[C@H]32)C(=O)C(C)=CC4=O)C1=O. The van der Waals surface area contributed by atoms with Crippen molar-refractivity contribution in [1.82, 2.24) is 4.90 Å². The predicted molar refractivity (Wildman–Crippen MR) is 137 cm³/mol. The highest BCUT2D eigenvalue weighted by Gasteiger charge is 2.57. The van der Waals surface area contributed by atoms with Crippen LogP contribution in [0.3, 0.4) is 0 Å². The lowest BCUT2D eigenvalue weighted by molar-refractivity contribution is -0.137. The molecule has 1 aromatic rings. The van der Waals surface area contributed by atoms with Gasteiger partial charge >= 0.3 is 6.09 Å². The molecule has 0 aromatic heterocycles. The summed E-state index contributed by atoms with van der Waals surface area (Å²) in [5.41, 5.74) is 2.30. The van der Waals surface area contributed by atoms with Crippen molar-refractivity contribution in [2.45, 2.75) is 19.8 Å². The molecular formula is C29H27NO9. The molecule has 1 heterocycles. The van der Waals surface area contributed by atoms with Crippen LogP contribution in [0.4, 0.5) is 4.79 Å². The number of nitrogens with zero attached hydrogens (tertiary/aromatic N) is 1. The van der Waals surface area contributed by atoms with Crippen LogP contribution in [-0.2, 0) is 23.9 Å². The Kier molecular flexibility index (Phi) is 6.49. The number of fused-ring (bicyclic) bond motifs is 3. The number of carbonyl (C=O) groups is 5. The molecule has 202 valence electrons. The molecule has 39 heavy (non-hydrogen) atoms. The van der Waals surface area contributed by atoms with Crippen molar-refractivity contribution < 1.29 is 43.3 Å². The number of ether oxygens (including phenoxy) is 3. The normalized spacial score (nSPS) is 26.2. The Morgan fingerprint density at radius 1 is 1.03 bits per heavy atom. The lowest BCUT2D eigenvalue weighted by Crippen LogP contribution is -2.40. The molecule has 1 saturated heterocycles. The molecule has 1 aromatic carbocycles. The standard InChI is InChI=1S/C29H27NO9/c1-13-9-20(31)23-16(6-5-14-10-21(37-2)26(33)22(11-14)38-3)15-7-8-17-24(18(15)12-19(23)25(13)32)28(35)30(27(17)34)29(36)39-4/h5-7,9-11,16-18,24,33H,8,12H2,1-4H3/t16-,17-,18+,24-/m0/s1. The highest BCUT2D eigenvalue weighted by Crippen LogP contribution is 2.52. The molecular weight excluding hydrogens is 506 g/mol. The van der Waals surface area contributed by atoms with Gasteiger partial charge in [-0.15, -0.1) is 0 Å². The fourth-order valence-corrected chi connectivity index (χ4v) is 6.15. The predicted octanol–water partition coefficient (Wildman–Crippen LogP) is 3.15. The van der Waals surface area contributed by atoms with Crippen LogP contribution in [0.5, 0.6) is 17.2 Å². The van der Waals surface area contributed by atoms with Gasteiger partial charge in [0.1, 0.15) is 0 Å². The second-order valence-electron chi connectivity index (χ2n) is 9.89. The average molecular weight is 534 g/mol. The zero-order valence-electron chi connectivity index (χ0n) is 21.8. The van der Waals surface area contributed by atoms with Gasteiger partial charge in [0, 0.05) is 22.6 Å². The van der Waals surface area contributed by atoms with Crippen molar-refractivity contribution in [2.24, 2.45) is 23.7 Å². The number of rotatable bonds is 4. The first kappa shape index (κ1) is 26.1. The van der Waals surface area contributed by atoms with Crippen molar-refractivity contribution >= 4 is 35.6 Å². The minimum absolute atomic E-state index is 0.108. The highest BCUT2D eigenvalue weighted by atomic mass is 16.5. The van der Waals surface area contributed by atoms with Crippen molar-refractivity contribution in [3.8, 4) is 17.2 Å². The number of phenols is 1. The van der Waals surface area contributed by atoms with E-state index in [0.29, 0.717) is 27.2 Å². The van der Waals surface area contributed by atoms with Gasteiger partial charge in [-0.2, -0.15) is 4.90 Å². The van der Waals surface area contributed by atoms with Gasteiger partial charge in [0.2, 0.25) is 17.6 Å². The number of hydrogen-bond acceptors (Lipinski definition) is 9. The van der Waals surface area contributed by atoms with Gasteiger partial charge in [-0.1, -0.05) is 23.8 Å². The first-order valence-electron chi connectivity index (χ1n) is 12.4. The van der Waals surface area contributed by atoms with Gasteiger partial charge in [0.05, 0.1) is 33.2 Å². The molecule has 0 saturated carbocycles. The number of likely N-dealkylation sites (tertiary alicyclic amines) is 1. The third-order valence-corrected chi connectivity index (χ3v) is 7.95. The maximum absolute atomic E-state index is 13.4. The first-order valence-corrected chi connectivity index (χ1v) is 12.4. The van der Waals surface area contributed by atoms with E-state index in [1.807, 2.05) is 6.08 Å². The Labute approximate surface area is 224 Å². The minimum Gasteiger partial charge on any atom is -0.502 e. The van der Waals surface area contributed by atoms with Gasteiger partial charge in [-0.25, -0.2) is 4.79 Å². The number of benzene rings is 1. The Morgan fingerprint density at radius 2 is 1.69 bits per heavy atom. The van der Waals surface area contributed by atoms with E-state index in [0.717, 1.165) is 12.7 Å². The summed E-state index contributed by atoms with van der Waals surface area (Å²) in [6.45, 7) is 1.57. The summed E-state index contributed by atoms with van der Waals surface area (Å²) in [6.07, 6.45) is 5.93. The van der Waals surface area contributed by atoms with Crippen molar-refractivity contribution in [3.63, 3.8) is 0 Å². The molecule has 4 aliphatic rings. The summed E-state index contributed by atoms with van der Waals surface area (Å²) in [7, 11) is 3.92. The minimum atomic E-state index is -1.04. The quantitative estimate of drug-likeness (QED) is 0.352. The largest absolute Gasteiger partial charge is 0.502 e. The van der Waals surface area contributed by atoms with Gasteiger partial charge in [0.25, 0.3) is 0 Å². The number of aromatic hydroxyl groups is 1. The molecule has 1 N–H and O–H groups in total. The molecule has 0 bridgehead atoms. The van der Waals surface area contributed by atoms with Crippen LogP contribution in [0.1, 0.15) is 25.3 Å². The topological polar surface area (TPSA) is 137 Å². The molecule has 3 amide bonds.